The maximum atomic E-state index is 12.0. The number of tetrazole rings is 1. The lowest BCUT2D eigenvalue weighted by molar-refractivity contribution is -0.122. The lowest BCUT2D eigenvalue weighted by atomic mass is 10.1. The molecular formula is C17H17N5O. The van der Waals surface area contributed by atoms with Crippen LogP contribution < -0.4 is 5.32 Å². The molecule has 0 aliphatic carbocycles. The van der Waals surface area contributed by atoms with Gasteiger partial charge >= 0.3 is 0 Å². The number of aromatic nitrogens is 4. The monoisotopic (exact) mass is 307 g/mol. The minimum Gasteiger partial charge on any atom is -0.350 e. The van der Waals surface area contributed by atoms with Crippen LogP contribution in [0.5, 0.6) is 0 Å². The molecule has 0 aliphatic rings. The molecule has 0 fully saturated rings. The number of rotatable bonds is 5. The van der Waals surface area contributed by atoms with E-state index in [1.807, 2.05) is 61.5 Å². The highest BCUT2D eigenvalue weighted by atomic mass is 16.2. The first-order valence-corrected chi connectivity index (χ1v) is 7.37. The Morgan fingerprint density at radius 2 is 1.83 bits per heavy atom. The van der Waals surface area contributed by atoms with Crippen molar-refractivity contribution < 1.29 is 4.79 Å². The molecule has 0 unspecified atom stereocenters. The number of benzene rings is 2. The second-order valence-corrected chi connectivity index (χ2v) is 5.22. The fourth-order valence-corrected chi connectivity index (χ4v) is 2.22. The van der Waals surface area contributed by atoms with Crippen LogP contribution in [0.25, 0.3) is 11.4 Å². The van der Waals surface area contributed by atoms with Crippen LogP contribution in [0.3, 0.4) is 0 Å². The van der Waals surface area contributed by atoms with Crippen LogP contribution in [0, 0.1) is 6.92 Å². The molecule has 1 aromatic heterocycles. The van der Waals surface area contributed by atoms with Crippen molar-refractivity contribution in [3.05, 3.63) is 65.7 Å². The Hall–Kier alpha value is -3.02. The van der Waals surface area contributed by atoms with Crippen LogP contribution in [-0.4, -0.2) is 26.1 Å². The van der Waals surface area contributed by atoms with Crippen molar-refractivity contribution >= 4 is 5.91 Å². The molecule has 1 heterocycles. The van der Waals surface area contributed by atoms with Crippen LogP contribution >= 0.6 is 0 Å². The molecule has 6 heteroatoms. The van der Waals surface area contributed by atoms with Crippen LogP contribution in [0.2, 0.25) is 0 Å². The molecule has 6 nitrogen and oxygen atoms in total. The zero-order valence-electron chi connectivity index (χ0n) is 12.8. The summed E-state index contributed by atoms with van der Waals surface area (Å²) >= 11 is 0. The predicted octanol–water partition coefficient (Wildman–Crippen LogP) is 1.96. The van der Waals surface area contributed by atoms with Crippen molar-refractivity contribution in [1.82, 2.24) is 25.5 Å². The Balaban J connectivity index is 1.61. The van der Waals surface area contributed by atoms with Gasteiger partial charge in [0, 0.05) is 12.1 Å². The summed E-state index contributed by atoms with van der Waals surface area (Å²) < 4.78 is 0. The van der Waals surface area contributed by atoms with Crippen molar-refractivity contribution in [2.75, 3.05) is 0 Å². The molecule has 0 saturated heterocycles. The van der Waals surface area contributed by atoms with Gasteiger partial charge in [-0.05, 0) is 23.3 Å². The number of nitrogens with one attached hydrogen (secondary N) is 1. The number of amides is 1. The smallest absolute Gasteiger partial charge is 0.243 e. The van der Waals surface area contributed by atoms with Crippen LogP contribution in [-0.2, 0) is 17.9 Å². The van der Waals surface area contributed by atoms with Gasteiger partial charge in [-0.1, -0.05) is 54.6 Å². The molecule has 2 aromatic carbocycles. The van der Waals surface area contributed by atoms with Gasteiger partial charge in [-0.15, -0.1) is 10.2 Å². The van der Waals surface area contributed by atoms with Crippen LogP contribution in [0.4, 0.5) is 0 Å². The molecule has 0 bridgehead atoms. The van der Waals surface area contributed by atoms with E-state index in [1.165, 1.54) is 4.80 Å². The molecule has 0 aliphatic heterocycles. The topological polar surface area (TPSA) is 72.7 Å². The summed E-state index contributed by atoms with van der Waals surface area (Å²) in [7, 11) is 0. The van der Waals surface area contributed by atoms with E-state index in [0.717, 1.165) is 16.7 Å². The summed E-state index contributed by atoms with van der Waals surface area (Å²) in [5.41, 5.74) is 3.04. The van der Waals surface area contributed by atoms with Gasteiger partial charge in [-0.25, -0.2) is 0 Å². The first-order valence-electron chi connectivity index (χ1n) is 7.37. The Bertz CT molecular complexity index is 798. The van der Waals surface area contributed by atoms with Crippen molar-refractivity contribution in [2.45, 2.75) is 20.0 Å². The number of aryl methyl sites for hydroxylation is 1. The third-order valence-corrected chi connectivity index (χ3v) is 3.46. The number of nitrogens with zero attached hydrogens (tertiary/aromatic N) is 4. The highest BCUT2D eigenvalue weighted by molar-refractivity contribution is 5.75. The van der Waals surface area contributed by atoms with Gasteiger partial charge < -0.3 is 5.32 Å². The van der Waals surface area contributed by atoms with Crippen LogP contribution in [0.1, 0.15) is 11.1 Å². The van der Waals surface area contributed by atoms with Gasteiger partial charge in [-0.2, -0.15) is 4.80 Å². The molecule has 0 spiro atoms. The highest BCUT2D eigenvalue weighted by Crippen LogP contribution is 2.17. The first kappa shape index (κ1) is 14.9. The molecule has 3 rings (SSSR count). The van der Waals surface area contributed by atoms with E-state index in [1.54, 1.807) is 0 Å². The van der Waals surface area contributed by atoms with Gasteiger partial charge in [0.25, 0.3) is 0 Å². The molecule has 1 N–H and O–H groups in total. The summed E-state index contributed by atoms with van der Waals surface area (Å²) in [5, 5.41) is 15.1. The lowest BCUT2D eigenvalue weighted by Gasteiger charge is -2.04. The van der Waals surface area contributed by atoms with Gasteiger partial charge in [0.05, 0.1) is 0 Å². The molecule has 1 amide bonds. The molecule has 23 heavy (non-hydrogen) atoms. The van der Waals surface area contributed by atoms with Gasteiger partial charge in [0.15, 0.2) is 0 Å². The summed E-state index contributed by atoms with van der Waals surface area (Å²) in [5.74, 6) is 0.376. The number of hydrogen-bond donors (Lipinski definition) is 1. The minimum absolute atomic E-state index is 0.0473. The summed E-state index contributed by atoms with van der Waals surface area (Å²) in [6.07, 6.45) is 0. The Morgan fingerprint density at radius 3 is 2.61 bits per heavy atom. The fraction of sp³-hybridized carbons (Fsp3) is 0.176. The molecule has 0 radical (unpaired) electrons. The normalized spacial score (nSPS) is 10.5. The number of hydrogen-bond acceptors (Lipinski definition) is 4. The summed E-state index contributed by atoms with van der Waals surface area (Å²) in [6, 6.07) is 17.6. The third kappa shape index (κ3) is 3.79. The largest absolute Gasteiger partial charge is 0.350 e. The SMILES string of the molecule is Cc1ccccc1-c1nnn(CC(=O)NCc2ccccc2)n1. The van der Waals surface area contributed by atoms with Crippen molar-refractivity contribution in [1.29, 1.82) is 0 Å². The Kier molecular flexibility index (Phi) is 4.42. The van der Waals surface area contributed by atoms with E-state index in [4.69, 9.17) is 0 Å². The van der Waals surface area contributed by atoms with Crippen molar-refractivity contribution in [3.8, 4) is 11.4 Å². The first-order chi connectivity index (χ1) is 11.2. The van der Waals surface area contributed by atoms with Crippen molar-refractivity contribution in [2.24, 2.45) is 0 Å². The standard InChI is InChI=1S/C17H17N5O/c1-13-7-5-6-10-15(13)17-19-21-22(20-17)12-16(23)18-11-14-8-3-2-4-9-14/h2-10H,11-12H2,1H3,(H,18,23). The van der Waals surface area contributed by atoms with E-state index in [2.05, 4.69) is 20.7 Å². The second kappa shape index (κ2) is 6.83. The van der Waals surface area contributed by atoms with Crippen molar-refractivity contribution in [3.63, 3.8) is 0 Å². The minimum atomic E-state index is -0.150. The second-order valence-electron chi connectivity index (χ2n) is 5.22. The Labute approximate surface area is 134 Å². The Morgan fingerprint density at radius 1 is 1.09 bits per heavy atom. The average molecular weight is 307 g/mol. The van der Waals surface area contributed by atoms with Gasteiger partial charge in [0.2, 0.25) is 11.7 Å². The summed E-state index contributed by atoms with van der Waals surface area (Å²) in [4.78, 5) is 13.3. The predicted molar refractivity (Wildman–Crippen MR) is 86.3 cm³/mol. The zero-order chi connectivity index (χ0) is 16.1. The average Bonchev–Trinajstić information content (AvgIpc) is 3.02. The summed E-state index contributed by atoms with van der Waals surface area (Å²) in [6.45, 7) is 2.52. The number of carbonyl (C=O) groups is 1. The van der Waals surface area contributed by atoms with E-state index >= 15 is 0 Å². The van der Waals surface area contributed by atoms with Gasteiger partial charge in [-0.3, -0.25) is 4.79 Å². The molecule has 116 valence electrons. The lowest BCUT2D eigenvalue weighted by Crippen LogP contribution is -2.28. The molecule has 0 saturated carbocycles. The van der Waals surface area contributed by atoms with Gasteiger partial charge in [0.1, 0.15) is 6.54 Å². The number of carbonyl (C=O) groups excluding carboxylic acids is 1. The molecule has 0 atom stereocenters. The highest BCUT2D eigenvalue weighted by Gasteiger charge is 2.10. The quantitative estimate of drug-likeness (QED) is 0.782. The zero-order valence-corrected chi connectivity index (χ0v) is 12.8. The van der Waals surface area contributed by atoms with E-state index < -0.39 is 0 Å². The third-order valence-electron chi connectivity index (χ3n) is 3.46. The molecule has 3 aromatic rings. The van der Waals surface area contributed by atoms with Crippen LogP contribution in [0.15, 0.2) is 54.6 Å². The maximum Gasteiger partial charge on any atom is 0.243 e. The maximum absolute atomic E-state index is 12.0. The molecular weight excluding hydrogens is 290 g/mol. The fourth-order valence-electron chi connectivity index (χ4n) is 2.22. The van der Waals surface area contributed by atoms with E-state index in [9.17, 15) is 4.79 Å². The van der Waals surface area contributed by atoms with E-state index in [0.29, 0.717) is 12.4 Å². The van der Waals surface area contributed by atoms with E-state index in [-0.39, 0.29) is 12.5 Å².